The summed E-state index contributed by atoms with van der Waals surface area (Å²) in [6.07, 6.45) is 2.76. The molecule has 0 heterocycles. The Bertz CT molecular complexity index is 190. The first kappa shape index (κ1) is 9.17. The molecule has 10 heavy (non-hydrogen) atoms. The Balaban J connectivity index is 3.99. The molecule has 0 saturated heterocycles. The summed E-state index contributed by atoms with van der Waals surface area (Å²) in [5.74, 6) is -0.263. The van der Waals surface area contributed by atoms with Crippen LogP contribution in [0.4, 0.5) is 0 Å². The van der Waals surface area contributed by atoms with Crippen LogP contribution in [-0.4, -0.2) is 17.5 Å². The van der Waals surface area contributed by atoms with E-state index in [1.54, 1.807) is 0 Å². The molecule has 0 rings (SSSR count). The van der Waals surface area contributed by atoms with Gasteiger partial charge in [0.2, 0.25) is 0 Å². The van der Waals surface area contributed by atoms with Gasteiger partial charge in [0, 0.05) is 17.7 Å². The fourth-order valence-electron chi connectivity index (χ4n) is 0.388. The molecule has 0 aromatic heterocycles. The van der Waals surface area contributed by atoms with Crippen LogP contribution in [-0.2, 0) is 4.79 Å². The van der Waals surface area contributed by atoms with Gasteiger partial charge in [-0.05, 0) is 13.8 Å². The number of hydrogen-bond donors (Lipinski definition) is 0. The summed E-state index contributed by atoms with van der Waals surface area (Å²) in [6.45, 7) is 3.68. The maximum absolute atomic E-state index is 10.7. The Kier molecular flexibility index (Phi) is 4.58. The van der Waals surface area contributed by atoms with E-state index in [9.17, 15) is 4.79 Å². The zero-order valence-corrected chi connectivity index (χ0v) is 6.81. The minimum Gasteiger partial charge on any atom is -0.267 e. The number of carbonyl (C=O) groups excluding carboxylic acids is 1. The fourth-order valence-corrected chi connectivity index (χ4v) is 0.449. The van der Waals surface area contributed by atoms with E-state index in [2.05, 4.69) is 17.2 Å². The quantitative estimate of drug-likeness (QED) is 0.344. The predicted molar refractivity (Wildman–Crippen MR) is 46.6 cm³/mol. The van der Waals surface area contributed by atoms with E-state index in [0.29, 0.717) is 0 Å². The number of thiocarbonyl (C=S) groups is 1. The third kappa shape index (κ3) is 5.31. The van der Waals surface area contributed by atoms with Gasteiger partial charge in [0.15, 0.2) is 0 Å². The fraction of sp³-hybridized carbons (Fsp3) is 0.286. The molecule has 0 aliphatic carbocycles. The third-order valence-corrected chi connectivity index (χ3v) is 0.797. The summed E-state index contributed by atoms with van der Waals surface area (Å²) in [6, 6.07) is 0. The molecule has 0 spiro atoms. The first-order valence-electron chi connectivity index (χ1n) is 2.83. The number of allylic oxidation sites excluding steroid dienone is 1. The van der Waals surface area contributed by atoms with Gasteiger partial charge in [-0.15, -0.1) is 0 Å². The van der Waals surface area contributed by atoms with Crippen LogP contribution < -0.4 is 0 Å². The molecule has 0 bridgehead atoms. The van der Waals surface area contributed by atoms with Crippen LogP contribution in [0.2, 0.25) is 0 Å². The topological polar surface area (TPSA) is 29.4 Å². The smallest absolute Gasteiger partial charge is 0.267 e. The van der Waals surface area contributed by atoms with Gasteiger partial charge in [-0.3, -0.25) is 4.79 Å². The minimum atomic E-state index is -0.263. The van der Waals surface area contributed by atoms with Crippen molar-refractivity contribution in [3.63, 3.8) is 0 Å². The van der Waals surface area contributed by atoms with Crippen LogP contribution in [0.5, 0.6) is 0 Å². The molecule has 0 aliphatic heterocycles. The van der Waals surface area contributed by atoms with Crippen molar-refractivity contribution < 1.29 is 4.79 Å². The zero-order valence-electron chi connectivity index (χ0n) is 6.00. The third-order valence-electron chi connectivity index (χ3n) is 0.675. The average molecular weight is 155 g/mol. The summed E-state index contributed by atoms with van der Waals surface area (Å²) in [4.78, 5) is 14.2. The number of aliphatic imine (C=N–C) groups is 1. The van der Waals surface area contributed by atoms with Crippen molar-refractivity contribution >= 4 is 29.7 Å². The van der Waals surface area contributed by atoms with Crippen LogP contribution in [0.3, 0.4) is 0 Å². The summed E-state index contributed by atoms with van der Waals surface area (Å²) in [5.41, 5.74) is 0.937. The highest BCUT2D eigenvalue weighted by Gasteiger charge is 1.87. The molecule has 0 aromatic carbocycles. The van der Waals surface area contributed by atoms with Crippen LogP contribution >= 0.6 is 12.2 Å². The van der Waals surface area contributed by atoms with Crippen LogP contribution in [0.1, 0.15) is 13.8 Å². The van der Waals surface area contributed by atoms with Gasteiger partial charge in [0.25, 0.3) is 5.91 Å². The Morgan fingerprint density at radius 1 is 1.50 bits per heavy atom. The summed E-state index contributed by atoms with van der Waals surface area (Å²) in [7, 11) is 0. The van der Waals surface area contributed by atoms with Gasteiger partial charge in [0.05, 0.1) is 0 Å². The lowest BCUT2D eigenvalue weighted by Crippen LogP contribution is -1.88. The Labute approximate surface area is 65.7 Å². The maximum atomic E-state index is 10.7. The first-order chi connectivity index (χ1) is 4.66. The van der Waals surface area contributed by atoms with E-state index in [4.69, 9.17) is 0 Å². The van der Waals surface area contributed by atoms with E-state index in [0.717, 1.165) is 5.57 Å². The minimum absolute atomic E-state index is 0.263. The van der Waals surface area contributed by atoms with Gasteiger partial charge >= 0.3 is 0 Å². The maximum Gasteiger partial charge on any atom is 0.269 e. The zero-order chi connectivity index (χ0) is 7.98. The summed E-state index contributed by atoms with van der Waals surface area (Å²) in [5, 5.41) is 1.30. The van der Waals surface area contributed by atoms with Gasteiger partial charge < -0.3 is 0 Å². The largest absolute Gasteiger partial charge is 0.269 e. The summed E-state index contributed by atoms with van der Waals surface area (Å²) >= 11 is 4.44. The molecule has 0 atom stereocenters. The number of amides is 1. The molecule has 0 N–H and O–H groups in total. The SMILES string of the molecule is CC(C)=CC(=O)N=CC=S. The van der Waals surface area contributed by atoms with E-state index >= 15 is 0 Å². The van der Waals surface area contributed by atoms with Crippen molar-refractivity contribution in [1.82, 2.24) is 0 Å². The lowest BCUT2D eigenvalue weighted by molar-refractivity contribution is -0.113. The standard InChI is InChI=1S/C7H9NOS/c1-6(2)5-7(9)8-3-4-10/h3-5H,1-2H3. The normalized spacial score (nSPS) is 9.40. The number of carbonyl (C=O) groups is 1. The highest BCUT2D eigenvalue weighted by molar-refractivity contribution is 7.80. The van der Waals surface area contributed by atoms with Gasteiger partial charge in [-0.2, -0.15) is 0 Å². The second-order valence-electron chi connectivity index (χ2n) is 1.97. The molecule has 54 valence electrons. The summed E-state index contributed by atoms with van der Waals surface area (Å²) < 4.78 is 0. The van der Waals surface area contributed by atoms with Crippen molar-refractivity contribution in [2.45, 2.75) is 13.8 Å². The number of nitrogens with zero attached hydrogens (tertiary/aromatic N) is 1. The number of rotatable bonds is 2. The average Bonchev–Trinajstić information content (AvgIpc) is 1.82. The second-order valence-corrected chi connectivity index (χ2v) is 2.25. The van der Waals surface area contributed by atoms with E-state index in [1.807, 2.05) is 13.8 Å². The molecule has 1 amide bonds. The molecular formula is C7H9NOS. The molecule has 0 saturated carbocycles. The molecule has 0 unspecified atom stereocenters. The number of hydrogen-bond acceptors (Lipinski definition) is 2. The Morgan fingerprint density at radius 2 is 2.10 bits per heavy atom. The highest BCUT2D eigenvalue weighted by Crippen LogP contribution is 1.88. The van der Waals surface area contributed by atoms with Crippen LogP contribution in [0, 0.1) is 0 Å². The van der Waals surface area contributed by atoms with Crippen molar-refractivity contribution in [3.05, 3.63) is 11.6 Å². The monoisotopic (exact) mass is 155 g/mol. The molecule has 3 heteroatoms. The van der Waals surface area contributed by atoms with Crippen molar-refractivity contribution in [3.8, 4) is 0 Å². The first-order valence-corrected chi connectivity index (χ1v) is 3.30. The van der Waals surface area contributed by atoms with Gasteiger partial charge in [-0.1, -0.05) is 17.8 Å². The van der Waals surface area contributed by atoms with Gasteiger partial charge in [0.1, 0.15) is 0 Å². The Morgan fingerprint density at radius 3 is 2.50 bits per heavy atom. The molecular weight excluding hydrogens is 146 g/mol. The molecule has 2 nitrogen and oxygen atoms in total. The predicted octanol–water partition coefficient (Wildman–Crippen LogP) is 1.55. The van der Waals surface area contributed by atoms with E-state index in [-0.39, 0.29) is 5.91 Å². The molecule has 0 aromatic rings. The van der Waals surface area contributed by atoms with Crippen LogP contribution in [0.15, 0.2) is 16.6 Å². The highest BCUT2D eigenvalue weighted by atomic mass is 32.1. The lowest BCUT2D eigenvalue weighted by Gasteiger charge is -1.83. The van der Waals surface area contributed by atoms with Crippen molar-refractivity contribution in [2.24, 2.45) is 4.99 Å². The van der Waals surface area contributed by atoms with Crippen molar-refractivity contribution in [1.29, 1.82) is 0 Å². The van der Waals surface area contributed by atoms with E-state index in [1.165, 1.54) is 17.7 Å². The van der Waals surface area contributed by atoms with Crippen molar-refractivity contribution in [2.75, 3.05) is 0 Å². The Hall–Kier alpha value is -0.830. The molecule has 0 aliphatic rings. The lowest BCUT2D eigenvalue weighted by atomic mass is 10.3. The second kappa shape index (κ2) is 4.99. The van der Waals surface area contributed by atoms with Crippen LogP contribution in [0.25, 0.3) is 0 Å². The molecule has 0 radical (unpaired) electrons. The van der Waals surface area contributed by atoms with Gasteiger partial charge in [-0.25, -0.2) is 4.99 Å². The van der Waals surface area contributed by atoms with E-state index < -0.39 is 0 Å². The molecule has 0 fully saturated rings.